The number of rotatable bonds is 5. The van der Waals surface area contributed by atoms with E-state index < -0.39 is 0 Å². The van der Waals surface area contributed by atoms with Crippen molar-refractivity contribution >= 4 is 17.3 Å². The Morgan fingerprint density at radius 3 is 2.94 bits per heavy atom. The van der Waals surface area contributed by atoms with Crippen molar-refractivity contribution in [1.82, 2.24) is 0 Å². The summed E-state index contributed by atoms with van der Waals surface area (Å²) < 4.78 is 5.40. The third-order valence-electron chi connectivity index (χ3n) is 3.19. The lowest BCUT2D eigenvalue weighted by Gasteiger charge is -2.30. The maximum Gasteiger partial charge on any atom is 0.265 e. The molecule has 0 aliphatic carbocycles. The van der Waals surface area contributed by atoms with Gasteiger partial charge in [0.25, 0.3) is 5.91 Å². The van der Waals surface area contributed by atoms with Crippen molar-refractivity contribution < 1.29 is 9.53 Å². The molecule has 2 N–H and O–H groups in total. The maximum atomic E-state index is 11.9. The zero-order valence-corrected chi connectivity index (χ0v) is 10.8. The van der Waals surface area contributed by atoms with Crippen LogP contribution in [0.4, 0.5) is 11.4 Å². The minimum atomic E-state index is -0.00287. The number of carbonyl (C=O) groups is 1. The molecule has 1 aliphatic heterocycles. The number of anilines is 2. The standard InChI is InChI=1S/C14H20N2O2/c1-2-3-4-5-9-16-13(17)10-18-12-8-6-7-11(15)14(12)16/h6-8H,2-5,9-10,15H2,1H3. The molecular weight excluding hydrogens is 228 g/mol. The molecule has 1 aliphatic rings. The zero-order chi connectivity index (χ0) is 13.0. The summed E-state index contributed by atoms with van der Waals surface area (Å²) in [4.78, 5) is 13.7. The average molecular weight is 248 g/mol. The number of unbranched alkanes of at least 4 members (excludes halogenated alkanes) is 3. The van der Waals surface area contributed by atoms with Gasteiger partial charge in [0.1, 0.15) is 11.4 Å². The smallest absolute Gasteiger partial charge is 0.265 e. The fraction of sp³-hybridized carbons (Fsp3) is 0.500. The van der Waals surface area contributed by atoms with Gasteiger partial charge in [-0.3, -0.25) is 4.79 Å². The molecule has 0 saturated heterocycles. The second kappa shape index (κ2) is 5.76. The van der Waals surface area contributed by atoms with Gasteiger partial charge in [0, 0.05) is 6.54 Å². The monoisotopic (exact) mass is 248 g/mol. The van der Waals surface area contributed by atoms with Crippen molar-refractivity contribution in [2.75, 3.05) is 23.8 Å². The maximum absolute atomic E-state index is 11.9. The molecule has 4 heteroatoms. The van der Waals surface area contributed by atoms with Gasteiger partial charge in [-0.2, -0.15) is 0 Å². The van der Waals surface area contributed by atoms with Crippen molar-refractivity contribution in [2.45, 2.75) is 32.6 Å². The van der Waals surface area contributed by atoms with Gasteiger partial charge in [-0.05, 0) is 18.6 Å². The number of carbonyl (C=O) groups excluding carboxylic acids is 1. The number of fused-ring (bicyclic) bond motifs is 1. The van der Waals surface area contributed by atoms with Crippen LogP contribution in [0, 0.1) is 0 Å². The number of para-hydroxylation sites is 1. The Balaban J connectivity index is 2.12. The largest absolute Gasteiger partial charge is 0.481 e. The van der Waals surface area contributed by atoms with E-state index in [1.54, 1.807) is 11.0 Å². The minimum absolute atomic E-state index is 0.00287. The minimum Gasteiger partial charge on any atom is -0.481 e. The first-order valence-electron chi connectivity index (χ1n) is 6.55. The molecule has 0 spiro atoms. The third kappa shape index (κ3) is 2.58. The van der Waals surface area contributed by atoms with Crippen LogP contribution in [0.3, 0.4) is 0 Å². The summed E-state index contributed by atoms with van der Waals surface area (Å²) in [5.41, 5.74) is 7.30. The first-order chi connectivity index (χ1) is 8.74. The van der Waals surface area contributed by atoms with Crippen LogP contribution in [0.15, 0.2) is 18.2 Å². The summed E-state index contributed by atoms with van der Waals surface area (Å²) in [6.45, 7) is 3.01. The SMILES string of the molecule is CCCCCCN1C(=O)COc2cccc(N)c21. The van der Waals surface area contributed by atoms with Crippen LogP contribution < -0.4 is 15.4 Å². The predicted molar refractivity (Wildman–Crippen MR) is 72.8 cm³/mol. The molecule has 4 nitrogen and oxygen atoms in total. The van der Waals surface area contributed by atoms with E-state index in [9.17, 15) is 4.79 Å². The van der Waals surface area contributed by atoms with Gasteiger partial charge in [0.2, 0.25) is 0 Å². The summed E-state index contributed by atoms with van der Waals surface area (Å²) in [6.07, 6.45) is 4.54. The Kier molecular flexibility index (Phi) is 4.07. The molecule has 0 bridgehead atoms. The quantitative estimate of drug-likeness (QED) is 0.643. The number of benzene rings is 1. The molecule has 0 aromatic heterocycles. The molecular formula is C14H20N2O2. The molecule has 2 rings (SSSR count). The van der Waals surface area contributed by atoms with Crippen LogP contribution in [-0.4, -0.2) is 19.1 Å². The summed E-state index contributed by atoms with van der Waals surface area (Å²) >= 11 is 0. The molecule has 0 saturated carbocycles. The van der Waals surface area contributed by atoms with Crippen molar-refractivity contribution in [1.29, 1.82) is 0 Å². The highest BCUT2D eigenvalue weighted by molar-refractivity contribution is 6.01. The van der Waals surface area contributed by atoms with E-state index in [1.807, 2.05) is 12.1 Å². The number of nitrogen functional groups attached to an aromatic ring is 1. The highest BCUT2D eigenvalue weighted by Gasteiger charge is 2.26. The van der Waals surface area contributed by atoms with Crippen LogP contribution in [0.5, 0.6) is 5.75 Å². The van der Waals surface area contributed by atoms with Gasteiger partial charge in [-0.1, -0.05) is 32.3 Å². The van der Waals surface area contributed by atoms with Crippen molar-refractivity contribution in [2.24, 2.45) is 0 Å². The molecule has 0 radical (unpaired) electrons. The lowest BCUT2D eigenvalue weighted by atomic mass is 10.1. The molecule has 0 unspecified atom stereocenters. The van der Waals surface area contributed by atoms with E-state index in [2.05, 4.69) is 6.92 Å². The van der Waals surface area contributed by atoms with Crippen molar-refractivity contribution in [3.8, 4) is 5.75 Å². The van der Waals surface area contributed by atoms with Gasteiger partial charge >= 0.3 is 0 Å². The topological polar surface area (TPSA) is 55.6 Å². The lowest BCUT2D eigenvalue weighted by Crippen LogP contribution is -2.39. The normalized spacial score (nSPS) is 14.3. The van der Waals surface area contributed by atoms with Crippen LogP contribution in [-0.2, 0) is 4.79 Å². The molecule has 0 fully saturated rings. The molecule has 98 valence electrons. The predicted octanol–water partition coefficient (Wildman–Crippen LogP) is 2.57. The first-order valence-corrected chi connectivity index (χ1v) is 6.55. The van der Waals surface area contributed by atoms with E-state index in [0.717, 1.165) is 25.1 Å². The summed E-state index contributed by atoms with van der Waals surface area (Å²) in [6, 6.07) is 5.51. The van der Waals surface area contributed by atoms with E-state index in [-0.39, 0.29) is 12.5 Å². The van der Waals surface area contributed by atoms with Gasteiger partial charge in [0.15, 0.2) is 6.61 Å². The molecule has 1 amide bonds. The number of nitrogens with zero attached hydrogens (tertiary/aromatic N) is 1. The van der Waals surface area contributed by atoms with E-state index in [1.165, 1.54) is 12.8 Å². The molecule has 1 heterocycles. The Morgan fingerprint density at radius 1 is 1.33 bits per heavy atom. The van der Waals surface area contributed by atoms with Crippen LogP contribution >= 0.6 is 0 Å². The summed E-state index contributed by atoms with van der Waals surface area (Å²) in [7, 11) is 0. The van der Waals surface area contributed by atoms with E-state index in [0.29, 0.717) is 11.4 Å². The average Bonchev–Trinajstić information content (AvgIpc) is 2.37. The van der Waals surface area contributed by atoms with Crippen LogP contribution in [0.2, 0.25) is 0 Å². The summed E-state index contributed by atoms with van der Waals surface area (Å²) in [5.74, 6) is 0.710. The fourth-order valence-corrected chi connectivity index (χ4v) is 2.22. The van der Waals surface area contributed by atoms with Crippen molar-refractivity contribution in [3.05, 3.63) is 18.2 Å². The fourth-order valence-electron chi connectivity index (χ4n) is 2.22. The molecule has 18 heavy (non-hydrogen) atoms. The number of hydrogen-bond acceptors (Lipinski definition) is 3. The third-order valence-corrected chi connectivity index (χ3v) is 3.19. The van der Waals surface area contributed by atoms with Crippen LogP contribution in [0.1, 0.15) is 32.6 Å². The lowest BCUT2D eigenvalue weighted by molar-refractivity contribution is -0.121. The Hall–Kier alpha value is -1.71. The van der Waals surface area contributed by atoms with Gasteiger partial charge in [0.05, 0.1) is 5.69 Å². The molecule has 1 aromatic carbocycles. The number of hydrogen-bond donors (Lipinski definition) is 1. The molecule has 1 aromatic rings. The Labute approximate surface area is 108 Å². The second-order valence-electron chi connectivity index (χ2n) is 4.59. The highest BCUT2D eigenvalue weighted by atomic mass is 16.5. The number of amides is 1. The van der Waals surface area contributed by atoms with E-state index in [4.69, 9.17) is 10.5 Å². The zero-order valence-electron chi connectivity index (χ0n) is 10.8. The van der Waals surface area contributed by atoms with Gasteiger partial charge < -0.3 is 15.4 Å². The highest BCUT2D eigenvalue weighted by Crippen LogP contribution is 2.37. The Morgan fingerprint density at radius 2 is 2.17 bits per heavy atom. The van der Waals surface area contributed by atoms with Crippen molar-refractivity contribution in [3.63, 3.8) is 0 Å². The van der Waals surface area contributed by atoms with Crippen LogP contribution in [0.25, 0.3) is 0 Å². The second-order valence-corrected chi connectivity index (χ2v) is 4.59. The molecule has 0 atom stereocenters. The number of ether oxygens (including phenoxy) is 1. The van der Waals surface area contributed by atoms with Gasteiger partial charge in [-0.25, -0.2) is 0 Å². The summed E-state index contributed by atoms with van der Waals surface area (Å²) in [5, 5.41) is 0. The number of nitrogens with two attached hydrogens (primary N) is 1. The van der Waals surface area contributed by atoms with Gasteiger partial charge in [-0.15, -0.1) is 0 Å². The van der Waals surface area contributed by atoms with E-state index >= 15 is 0 Å². The first kappa shape index (κ1) is 12.7. The Bertz CT molecular complexity index is 432.